The summed E-state index contributed by atoms with van der Waals surface area (Å²) in [4.78, 5) is 0. The molecule has 1 fully saturated rings. The number of fused-ring (bicyclic) bond motifs is 4. The van der Waals surface area contributed by atoms with Gasteiger partial charge in [-0.3, -0.25) is 0 Å². The van der Waals surface area contributed by atoms with Gasteiger partial charge in [0, 0.05) is 12.5 Å². The van der Waals surface area contributed by atoms with Gasteiger partial charge in [-0.25, -0.2) is 0 Å². The zero-order chi connectivity index (χ0) is 16.4. The second-order valence-electron chi connectivity index (χ2n) is 8.65. The summed E-state index contributed by atoms with van der Waals surface area (Å²) in [5.41, 5.74) is 10.4. The minimum atomic E-state index is 0.267. The molecule has 0 amide bonds. The average molecular weight is 310 g/mol. The number of methoxy groups -OCH3 is 1. The van der Waals surface area contributed by atoms with Crippen molar-refractivity contribution in [3.63, 3.8) is 0 Å². The topological polar surface area (TPSA) is 9.23 Å². The molecule has 23 heavy (non-hydrogen) atoms. The summed E-state index contributed by atoms with van der Waals surface area (Å²) < 4.78 is 5.75. The van der Waals surface area contributed by atoms with Crippen LogP contribution >= 0.6 is 0 Å². The zero-order valence-corrected chi connectivity index (χ0v) is 15.4. The monoisotopic (exact) mass is 310 g/mol. The molecule has 1 aromatic carbocycles. The molecule has 0 radical (unpaired) electrons. The SMILES string of the molecule is CO[C@H]1CC2=C3CCc4c(ccc(C)c4C)[C@@]3(C)CCC2(C)C1. The van der Waals surface area contributed by atoms with Crippen molar-refractivity contribution < 1.29 is 4.74 Å². The van der Waals surface area contributed by atoms with E-state index in [9.17, 15) is 0 Å². The Labute approximate surface area is 141 Å². The molecule has 3 aliphatic carbocycles. The third kappa shape index (κ3) is 2.02. The number of hydrogen-bond acceptors (Lipinski definition) is 1. The van der Waals surface area contributed by atoms with Crippen LogP contribution in [-0.4, -0.2) is 13.2 Å². The molecule has 124 valence electrons. The number of allylic oxidation sites excluding steroid dienone is 1. The fourth-order valence-electron chi connectivity index (χ4n) is 5.78. The second-order valence-corrected chi connectivity index (χ2v) is 8.65. The first-order valence-corrected chi connectivity index (χ1v) is 9.24. The highest BCUT2D eigenvalue weighted by Gasteiger charge is 2.50. The van der Waals surface area contributed by atoms with Crippen LogP contribution in [0.3, 0.4) is 0 Å². The van der Waals surface area contributed by atoms with Crippen LogP contribution in [0.5, 0.6) is 0 Å². The van der Waals surface area contributed by atoms with Gasteiger partial charge in [0.1, 0.15) is 0 Å². The Hall–Kier alpha value is -1.08. The molecule has 3 atom stereocenters. The van der Waals surface area contributed by atoms with E-state index in [0.29, 0.717) is 11.5 Å². The van der Waals surface area contributed by atoms with Gasteiger partial charge in [-0.05, 0) is 80.0 Å². The highest BCUT2D eigenvalue weighted by molar-refractivity contribution is 5.54. The van der Waals surface area contributed by atoms with Crippen LogP contribution in [0.25, 0.3) is 0 Å². The van der Waals surface area contributed by atoms with Gasteiger partial charge in [0.05, 0.1) is 6.10 Å². The van der Waals surface area contributed by atoms with Crippen LogP contribution in [0.4, 0.5) is 0 Å². The molecule has 1 heteroatoms. The largest absolute Gasteiger partial charge is 0.381 e. The van der Waals surface area contributed by atoms with E-state index in [4.69, 9.17) is 4.74 Å². The van der Waals surface area contributed by atoms with E-state index >= 15 is 0 Å². The highest BCUT2D eigenvalue weighted by Crippen LogP contribution is 2.60. The van der Waals surface area contributed by atoms with Crippen LogP contribution < -0.4 is 0 Å². The smallest absolute Gasteiger partial charge is 0.0617 e. The lowest BCUT2D eigenvalue weighted by Gasteiger charge is -2.48. The molecule has 4 rings (SSSR count). The van der Waals surface area contributed by atoms with Gasteiger partial charge in [0.25, 0.3) is 0 Å². The summed E-state index contributed by atoms with van der Waals surface area (Å²) in [6.07, 6.45) is 7.92. The first-order chi connectivity index (χ1) is 10.9. The van der Waals surface area contributed by atoms with Gasteiger partial charge in [0.2, 0.25) is 0 Å². The molecule has 0 spiro atoms. The van der Waals surface area contributed by atoms with Gasteiger partial charge in [-0.1, -0.05) is 37.1 Å². The fraction of sp³-hybridized carbons (Fsp3) is 0.636. The standard InChI is InChI=1S/C22H30O/c1-14-6-8-18-17(15(14)2)7-9-19-20-12-16(23-5)13-21(20,3)10-11-22(18,19)4/h6,8,16H,7,9-13H2,1-5H3/t16-,21?,22+/m0/s1. The number of ether oxygens (including phenoxy) is 1. The lowest BCUT2D eigenvalue weighted by Crippen LogP contribution is -2.38. The zero-order valence-electron chi connectivity index (χ0n) is 15.4. The van der Waals surface area contributed by atoms with Crippen LogP contribution in [-0.2, 0) is 16.6 Å². The van der Waals surface area contributed by atoms with Crippen molar-refractivity contribution in [3.05, 3.63) is 45.5 Å². The maximum Gasteiger partial charge on any atom is 0.0617 e. The molecule has 1 aromatic rings. The summed E-state index contributed by atoms with van der Waals surface area (Å²) in [5.74, 6) is 0. The van der Waals surface area contributed by atoms with Gasteiger partial charge in [-0.15, -0.1) is 0 Å². The summed E-state index contributed by atoms with van der Waals surface area (Å²) in [6.45, 7) is 9.58. The molecule has 1 unspecified atom stereocenters. The molecule has 0 N–H and O–H groups in total. The van der Waals surface area contributed by atoms with Crippen molar-refractivity contribution in [2.75, 3.05) is 7.11 Å². The quantitative estimate of drug-likeness (QED) is 0.630. The van der Waals surface area contributed by atoms with E-state index in [0.717, 1.165) is 6.42 Å². The highest BCUT2D eigenvalue weighted by atomic mass is 16.5. The number of hydrogen-bond donors (Lipinski definition) is 0. The van der Waals surface area contributed by atoms with Crippen molar-refractivity contribution in [3.8, 4) is 0 Å². The third-order valence-corrected chi connectivity index (χ3v) is 7.47. The van der Waals surface area contributed by atoms with Gasteiger partial charge < -0.3 is 4.74 Å². The first-order valence-electron chi connectivity index (χ1n) is 9.24. The Bertz CT molecular complexity index is 698. The fourth-order valence-corrected chi connectivity index (χ4v) is 5.78. The molecule has 1 nitrogen and oxygen atoms in total. The van der Waals surface area contributed by atoms with Crippen LogP contribution in [0.1, 0.15) is 68.2 Å². The first kappa shape index (κ1) is 15.4. The Morgan fingerprint density at radius 2 is 1.83 bits per heavy atom. The minimum Gasteiger partial charge on any atom is -0.381 e. The molecular weight excluding hydrogens is 280 g/mol. The molecule has 0 aromatic heterocycles. The van der Waals surface area contributed by atoms with E-state index in [1.807, 2.05) is 7.11 Å². The van der Waals surface area contributed by atoms with Crippen molar-refractivity contribution in [1.82, 2.24) is 0 Å². The lowest BCUT2D eigenvalue weighted by molar-refractivity contribution is 0.0947. The number of benzene rings is 1. The van der Waals surface area contributed by atoms with Gasteiger partial charge >= 0.3 is 0 Å². The van der Waals surface area contributed by atoms with E-state index in [-0.39, 0.29) is 5.41 Å². The lowest BCUT2D eigenvalue weighted by atomic mass is 9.56. The Kier molecular flexibility index (Phi) is 3.33. The molecule has 0 saturated heterocycles. The maximum absolute atomic E-state index is 5.75. The van der Waals surface area contributed by atoms with E-state index in [2.05, 4.69) is 39.8 Å². The average Bonchev–Trinajstić information content (AvgIpc) is 2.88. The summed E-state index contributed by atoms with van der Waals surface area (Å²) in [7, 11) is 1.89. The van der Waals surface area contributed by atoms with E-state index in [1.54, 1.807) is 22.3 Å². The Morgan fingerprint density at radius 3 is 2.57 bits per heavy atom. The second kappa shape index (κ2) is 4.96. The molecule has 1 saturated carbocycles. The normalized spacial score (nSPS) is 35.8. The maximum atomic E-state index is 5.75. The molecule has 0 aliphatic heterocycles. The van der Waals surface area contributed by atoms with Crippen molar-refractivity contribution in [2.45, 2.75) is 77.7 Å². The molecule has 0 bridgehead atoms. The molecule has 3 aliphatic rings. The number of rotatable bonds is 1. The Balaban J connectivity index is 1.88. The third-order valence-electron chi connectivity index (χ3n) is 7.47. The van der Waals surface area contributed by atoms with Gasteiger partial charge in [0.15, 0.2) is 0 Å². The minimum absolute atomic E-state index is 0.267. The summed E-state index contributed by atoms with van der Waals surface area (Å²) in [6, 6.07) is 4.77. The van der Waals surface area contributed by atoms with Crippen molar-refractivity contribution in [1.29, 1.82) is 0 Å². The summed E-state index contributed by atoms with van der Waals surface area (Å²) in [5, 5.41) is 0. The van der Waals surface area contributed by atoms with Crippen LogP contribution in [0, 0.1) is 19.3 Å². The predicted octanol–water partition coefficient (Wildman–Crippen LogP) is 5.41. The molecular formula is C22H30O. The van der Waals surface area contributed by atoms with E-state index < -0.39 is 0 Å². The van der Waals surface area contributed by atoms with E-state index in [1.165, 1.54) is 43.2 Å². The number of aryl methyl sites for hydroxylation is 1. The van der Waals surface area contributed by atoms with Crippen LogP contribution in [0.2, 0.25) is 0 Å². The predicted molar refractivity (Wildman–Crippen MR) is 96.0 cm³/mol. The van der Waals surface area contributed by atoms with Crippen molar-refractivity contribution >= 4 is 0 Å². The van der Waals surface area contributed by atoms with Gasteiger partial charge in [-0.2, -0.15) is 0 Å². The summed E-state index contributed by atoms with van der Waals surface area (Å²) >= 11 is 0. The van der Waals surface area contributed by atoms with Crippen molar-refractivity contribution in [2.24, 2.45) is 5.41 Å². The molecule has 0 heterocycles. The Morgan fingerprint density at radius 1 is 1.04 bits per heavy atom. The van der Waals surface area contributed by atoms with Crippen LogP contribution in [0.15, 0.2) is 23.3 Å².